The van der Waals surface area contributed by atoms with Crippen LogP contribution in [-0.4, -0.2) is 42.9 Å². The van der Waals surface area contributed by atoms with Crippen LogP contribution in [0.5, 0.6) is 0 Å². The molecule has 0 aromatic carbocycles. The van der Waals surface area contributed by atoms with E-state index in [1.54, 1.807) is 29.1 Å². The van der Waals surface area contributed by atoms with Crippen LogP contribution in [0.15, 0.2) is 6.33 Å². The van der Waals surface area contributed by atoms with Crippen LogP contribution in [0.3, 0.4) is 0 Å². The Labute approximate surface area is 143 Å². The fourth-order valence-corrected chi connectivity index (χ4v) is 4.12. The summed E-state index contributed by atoms with van der Waals surface area (Å²) in [6, 6.07) is 0. The van der Waals surface area contributed by atoms with Crippen LogP contribution in [-0.2, 0) is 24.3 Å². The Balaban J connectivity index is 1.76. The van der Waals surface area contributed by atoms with Crippen LogP contribution >= 0.6 is 11.3 Å². The Morgan fingerprint density at radius 2 is 2.33 bits per heavy atom. The highest BCUT2D eigenvalue weighted by Gasteiger charge is 2.30. The lowest BCUT2D eigenvalue weighted by atomic mass is 9.94. The van der Waals surface area contributed by atoms with Gasteiger partial charge in [-0.3, -0.25) is 0 Å². The van der Waals surface area contributed by atoms with Crippen molar-refractivity contribution in [2.45, 2.75) is 52.0 Å². The van der Waals surface area contributed by atoms with Gasteiger partial charge in [0.2, 0.25) is 0 Å². The van der Waals surface area contributed by atoms with Crippen LogP contribution < -0.4 is 5.32 Å². The third-order valence-corrected chi connectivity index (χ3v) is 5.29. The topological polar surface area (TPSA) is 84.6 Å². The van der Waals surface area contributed by atoms with Gasteiger partial charge in [0.15, 0.2) is 11.5 Å². The van der Waals surface area contributed by atoms with Crippen molar-refractivity contribution in [3.8, 4) is 0 Å². The van der Waals surface area contributed by atoms with Gasteiger partial charge in [-0.05, 0) is 26.3 Å². The summed E-state index contributed by atoms with van der Waals surface area (Å²) >= 11 is 1.68. The summed E-state index contributed by atoms with van der Waals surface area (Å²) in [5, 5.41) is 18.1. The largest absolute Gasteiger partial charge is 0.392 e. The van der Waals surface area contributed by atoms with Gasteiger partial charge in [0.1, 0.15) is 11.2 Å². The molecule has 3 aromatic rings. The lowest BCUT2D eigenvalue weighted by Gasteiger charge is -2.30. The van der Waals surface area contributed by atoms with E-state index >= 15 is 0 Å². The van der Waals surface area contributed by atoms with E-state index in [2.05, 4.69) is 29.2 Å². The maximum Gasteiger partial charge on any atom is 0.168 e. The Kier molecular flexibility index (Phi) is 3.80. The van der Waals surface area contributed by atoms with E-state index in [1.807, 2.05) is 0 Å². The molecular weight excluding hydrogens is 326 g/mol. The monoisotopic (exact) mass is 347 g/mol. The Bertz CT molecular complexity index is 899. The predicted octanol–water partition coefficient (Wildman–Crippen LogP) is 1.66. The molecule has 0 bridgehead atoms. The summed E-state index contributed by atoms with van der Waals surface area (Å²) in [5.41, 5.74) is 1.97. The molecule has 7 nitrogen and oxygen atoms in total. The van der Waals surface area contributed by atoms with E-state index in [4.69, 9.17) is 9.72 Å². The summed E-state index contributed by atoms with van der Waals surface area (Å²) in [5.74, 6) is 0.705. The molecule has 1 atom stereocenters. The summed E-state index contributed by atoms with van der Waals surface area (Å²) in [6.45, 7) is 7.65. The second-order valence-electron chi connectivity index (χ2n) is 6.93. The van der Waals surface area contributed by atoms with Crippen molar-refractivity contribution >= 4 is 27.2 Å². The van der Waals surface area contributed by atoms with Crippen LogP contribution in [0, 0.1) is 0 Å². The molecule has 1 unspecified atom stereocenters. The number of aliphatic hydroxyl groups is 1. The summed E-state index contributed by atoms with van der Waals surface area (Å²) in [7, 11) is 0. The molecule has 0 amide bonds. The highest BCUT2D eigenvalue weighted by Crippen LogP contribution is 2.39. The third kappa shape index (κ3) is 2.79. The SMILES string of the molecule is CC(O)CNCc1nc2c3c4c(sc3ncn2n1)COC(C)(C)C4. The molecule has 128 valence electrons. The molecule has 4 heterocycles. The Morgan fingerprint density at radius 1 is 1.50 bits per heavy atom. The number of hydrogen-bond acceptors (Lipinski definition) is 7. The van der Waals surface area contributed by atoms with Crippen LogP contribution in [0.1, 0.15) is 37.0 Å². The minimum absolute atomic E-state index is 0.171. The van der Waals surface area contributed by atoms with Gasteiger partial charge < -0.3 is 15.2 Å². The van der Waals surface area contributed by atoms with E-state index in [1.165, 1.54) is 10.4 Å². The second-order valence-corrected chi connectivity index (χ2v) is 8.01. The number of nitrogens with one attached hydrogen (secondary N) is 1. The van der Waals surface area contributed by atoms with Gasteiger partial charge in [-0.2, -0.15) is 0 Å². The number of ether oxygens (including phenoxy) is 1. The fraction of sp³-hybridized carbons (Fsp3) is 0.562. The Hall–Kier alpha value is -1.61. The second kappa shape index (κ2) is 5.73. The minimum atomic E-state index is -0.387. The number of rotatable bonds is 4. The van der Waals surface area contributed by atoms with Gasteiger partial charge in [-0.15, -0.1) is 16.4 Å². The van der Waals surface area contributed by atoms with Crippen molar-refractivity contribution in [2.75, 3.05) is 6.54 Å². The van der Waals surface area contributed by atoms with E-state index in [0.717, 1.165) is 22.3 Å². The lowest BCUT2D eigenvalue weighted by Crippen LogP contribution is -2.31. The first kappa shape index (κ1) is 15.9. The first-order valence-corrected chi connectivity index (χ1v) is 8.92. The van der Waals surface area contributed by atoms with Crippen molar-refractivity contribution in [3.05, 3.63) is 22.6 Å². The van der Waals surface area contributed by atoms with E-state index in [-0.39, 0.29) is 11.7 Å². The molecule has 0 radical (unpaired) electrons. The maximum atomic E-state index is 9.34. The quantitative estimate of drug-likeness (QED) is 0.747. The molecule has 8 heteroatoms. The molecule has 0 spiro atoms. The zero-order valence-electron chi connectivity index (χ0n) is 14.0. The van der Waals surface area contributed by atoms with Gasteiger partial charge in [0.05, 0.1) is 30.2 Å². The van der Waals surface area contributed by atoms with Crippen LogP contribution in [0.4, 0.5) is 0 Å². The number of aromatic nitrogens is 4. The first-order chi connectivity index (χ1) is 11.4. The van der Waals surface area contributed by atoms with Crippen LogP contribution in [0.25, 0.3) is 15.9 Å². The van der Waals surface area contributed by atoms with E-state index in [9.17, 15) is 5.11 Å². The lowest BCUT2D eigenvalue weighted by molar-refractivity contribution is -0.0379. The minimum Gasteiger partial charge on any atom is -0.392 e. The average Bonchev–Trinajstić information content (AvgIpc) is 3.05. The van der Waals surface area contributed by atoms with Crippen molar-refractivity contribution < 1.29 is 9.84 Å². The van der Waals surface area contributed by atoms with Crippen molar-refractivity contribution in [2.24, 2.45) is 0 Å². The standard InChI is InChI=1S/C16H21N5O2S/c1-9(22)5-17-6-12-19-14-13-10-4-16(2,3)23-7-11(10)24-15(13)18-8-21(14)20-12/h8-9,17,22H,4-7H2,1-3H3. The molecule has 4 rings (SSSR count). The van der Waals surface area contributed by atoms with Gasteiger partial charge in [0.25, 0.3) is 0 Å². The molecule has 0 fully saturated rings. The molecular formula is C16H21N5O2S. The molecule has 0 saturated carbocycles. The highest BCUT2D eigenvalue weighted by molar-refractivity contribution is 7.19. The van der Waals surface area contributed by atoms with E-state index < -0.39 is 0 Å². The first-order valence-electron chi connectivity index (χ1n) is 8.10. The molecule has 0 aliphatic carbocycles. The zero-order chi connectivity index (χ0) is 16.9. The number of aliphatic hydroxyl groups excluding tert-OH is 1. The summed E-state index contributed by atoms with van der Waals surface area (Å²) < 4.78 is 7.67. The van der Waals surface area contributed by atoms with Gasteiger partial charge in [-0.25, -0.2) is 14.5 Å². The normalized spacial score (nSPS) is 18.2. The highest BCUT2D eigenvalue weighted by atomic mass is 32.1. The number of nitrogens with zero attached hydrogens (tertiary/aromatic N) is 4. The smallest absolute Gasteiger partial charge is 0.168 e. The number of thiophene rings is 1. The fourth-order valence-electron chi connectivity index (χ4n) is 3.05. The molecule has 24 heavy (non-hydrogen) atoms. The predicted molar refractivity (Wildman–Crippen MR) is 92.1 cm³/mol. The number of hydrogen-bond donors (Lipinski definition) is 2. The van der Waals surface area contributed by atoms with Crippen molar-refractivity contribution in [3.63, 3.8) is 0 Å². The van der Waals surface area contributed by atoms with Gasteiger partial charge in [0, 0.05) is 17.8 Å². The molecule has 1 aliphatic heterocycles. The molecule has 0 saturated heterocycles. The van der Waals surface area contributed by atoms with Crippen molar-refractivity contribution in [1.29, 1.82) is 0 Å². The zero-order valence-corrected chi connectivity index (χ0v) is 14.9. The maximum absolute atomic E-state index is 9.34. The third-order valence-electron chi connectivity index (χ3n) is 4.17. The number of fused-ring (bicyclic) bond motifs is 5. The van der Waals surface area contributed by atoms with Crippen LogP contribution in [0.2, 0.25) is 0 Å². The van der Waals surface area contributed by atoms with Crippen molar-refractivity contribution in [1.82, 2.24) is 24.9 Å². The summed E-state index contributed by atoms with van der Waals surface area (Å²) in [4.78, 5) is 11.5. The molecule has 1 aliphatic rings. The molecule has 2 N–H and O–H groups in total. The van der Waals surface area contributed by atoms with E-state index in [0.29, 0.717) is 25.5 Å². The van der Waals surface area contributed by atoms with Gasteiger partial charge in [-0.1, -0.05) is 0 Å². The average molecular weight is 347 g/mol. The Morgan fingerprint density at radius 3 is 3.12 bits per heavy atom. The summed E-state index contributed by atoms with van der Waals surface area (Å²) in [6.07, 6.45) is 2.18. The van der Waals surface area contributed by atoms with Gasteiger partial charge >= 0.3 is 0 Å². The molecule has 3 aromatic heterocycles.